The summed E-state index contributed by atoms with van der Waals surface area (Å²) in [5.74, 6) is 0. The molecule has 1 saturated carbocycles. The Balaban J connectivity index is 1.31. The summed E-state index contributed by atoms with van der Waals surface area (Å²) >= 11 is 7.94. The average molecular weight is 363 g/mol. The molecule has 5 rings (SSSR count). The van der Waals surface area contributed by atoms with Gasteiger partial charge in [-0.05, 0) is 43.1 Å². The zero-order valence-corrected chi connectivity index (χ0v) is 14.9. The normalized spacial score (nSPS) is 24.4. The van der Waals surface area contributed by atoms with Gasteiger partial charge in [-0.1, -0.05) is 11.6 Å². The van der Waals surface area contributed by atoms with E-state index in [0.29, 0.717) is 10.6 Å². The molecule has 7 heteroatoms. The van der Waals surface area contributed by atoms with Crippen molar-refractivity contribution < 1.29 is 4.79 Å². The molecule has 3 aliphatic rings. The van der Waals surface area contributed by atoms with Crippen LogP contribution in [0.2, 0.25) is 5.15 Å². The molecular formula is C17H19ClN4OS. The summed E-state index contributed by atoms with van der Waals surface area (Å²) in [5, 5.41) is 4.81. The van der Waals surface area contributed by atoms with Gasteiger partial charge in [-0.2, -0.15) is 0 Å². The van der Waals surface area contributed by atoms with Gasteiger partial charge in [0.25, 0.3) is 0 Å². The highest BCUT2D eigenvalue weighted by Crippen LogP contribution is 2.52. The van der Waals surface area contributed by atoms with Crippen molar-refractivity contribution in [3.63, 3.8) is 0 Å². The van der Waals surface area contributed by atoms with Crippen molar-refractivity contribution in [2.45, 2.75) is 44.6 Å². The van der Waals surface area contributed by atoms with Crippen molar-refractivity contribution in [2.75, 3.05) is 13.1 Å². The van der Waals surface area contributed by atoms with Crippen LogP contribution in [0, 0.1) is 5.41 Å². The highest BCUT2D eigenvalue weighted by molar-refractivity contribution is 7.19. The Morgan fingerprint density at radius 3 is 3.04 bits per heavy atom. The van der Waals surface area contributed by atoms with Gasteiger partial charge in [0.05, 0.1) is 5.39 Å². The summed E-state index contributed by atoms with van der Waals surface area (Å²) in [6.07, 6.45) is 8.06. The Hall–Kier alpha value is -1.40. The van der Waals surface area contributed by atoms with Crippen LogP contribution in [0.5, 0.6) is 0 Å². The van der Waals surface area contributed by atoms with Crippen LogP contribution < -0.4 is 5.32 Å². The number of hydrogen-bond donors (Lipinski definition) is 1. The van der Waals surface area contributed by atoms with Gasteiger partial charge in [-0.3, -0.25) is 0 Å². The van der Waals surface area contributed by atoms with Gasteiger partial charge in [-0.25, -0.2) is 14.8 Å². The number of rotatable bonds is 1. The van der Waals surface area contributed by atoms with Gasteiger partial charge in [0.1, 0.15) is 16.3 Å². The topological polar surface area (TPSA) is 58.1 Å². The Labute approximate surface area is 149 Å². The van der Waals surface area contributed by atoms with Crippen molar-refractivity contribution in [1.29, 1.82) is 0 Å². The fourth-order valence-corrected chi connectivity index (χ4v) is 5.72. The van der Waals surface area contributed by atoms with Crippen LogP contribution in [-0.2, 0) is 12.8 Å². The molecule has 126 valence electrons. The molecule has 2 amide bonds. The number of carbonyl (C=O) groups is 1. The van der Waals surface area contributed by atoms with Gasteiger partial charge in [0.15, 0.2) is 0 Å². The predicted molar refractivity (Wildman–Crippen MR) is 94.6 cm³/mol. The third kappa shape index (κ3) is 2.39. The highest BCUT2D eigenvalue weighted by atomic mass is 35.5. The first-order chi connectivity index (χ1) is 11.6. The Morgan fingerprint density at radius 1 is 1.38 bits per heavy atom. The van der Waals surface area contributed by atoms with Crippen molar-refractivity contribution in [1.82, 2.24) is 20.2 Å². The summed E-state index contributed by atoms with van der Waals surface area (Å²) in [5.41, 5.74) is 1.77. The molecule has 0 radical (unpaired) electrons. The minimum Gasteiger partial charge on any atom is -0.335 e. The molecule has 2 aromatic heterocycles. The van der Waals surface area contributed by atoms with Crippen LogP contribution in [0.15, 0.2) is 6.33 Å². The predicted octanol–water partition coefficient (Wildman–Crippen LogP) is 3.40. The Morgan fingerprint density at radius 2 is 2.25 bits per heavy atom. The molecule has 1 saturated heterocycles. The van der Waals surface area contributed by atoms with Crippen molar-refractivity contribution in [2.24, 2.45) is 5.41 Å². The van der Waals surface area contributed by atoms with Gasteiger partial charge in [0.2, 0.25) is 0 Å². The van der Waals surface area contributed by atoms with E-state index in [0.717, 1.165) is 42.6 Å². The van der Waals surface area contributed by atoms with Crippen molar-refractivity contribution in [3.8, 4) is 0 Å². The molecule has 2 aliphatic carbocycles. The van der Waals surface area contributed by atoms with E-state index in [4.69, 9.17) is 11.6 Å². The van der Waals surface area contributed by atoms with Gasteiger partial charge >= 0.3 is 6.03 Å². The molecule has 0 aromatic carbocycles. The second kappa shape index (κ2) is 5.30. The second-order valence-corrected chi connectivity index (χ2v) is 8.85. The molecule has 2 fully saturated rings. The second-order valence-electron chi connectivity index (χ2n) is 7.41. The monoisotopic (exact) mass is 362 g/mol. The zero-order chi connectivity index (χ0) is 16.3. The van der Waals surface area contributed by atoms with Gasteiger partial charge in [-0.15, -0.1) is 11.3 Å². The number of aromatic nitrogens is 2. The molecule has 1 spiro atoms. The molecule has 0 bridgehead atoms. The number of carbonyl (C=O) groups excluding carboxylic acids is 1. The molecule has 1 unspecified atom stereocenters. The maximum absolute atomic E-state index is 12.5. The summed E-state index contributed by atoms with van der Waals surface area (Å²) in [6, 6.07) is 0.326. The largest absolute Gasteiger partial charge is 0.335 e. The third-order valence-corrected chi connectivity index (χ3v) is 7.26. The van der Waals surface area contributed by atoms with Gasteiger partial charge in [0, 0.05) is 30.4 Å². The minimum atomic E-state index is 0.117. The molecule has 1 aliphatic heterocycles. The Bertz CT molecular complexity index is 831. The van der Waals surface area contributed by atoms with Crippen LogP contribution >= 0.6 is 22.9 Å². The summed E-state index contributed by atoms with van der Waals surface area (Å²) in [4.78, 5) is 25.3. The SMILES string of the molecule is O=C(NC1CCc2c(sc3ncnc(Cl)c23)C1)N1CCC2(CC2)C1. The van der Waals surface area contributed by atoms with E-state index in [9.17, 15) is 4.79 Å². The van der Waals surface area contributed by atoms with Crippen LogP contribution in [0.25, 0.3) is 10.2 Å². The highest BCUT2D eigenvalue weighted by Gasteiger charge is 2.49. The van der Waals surface area contributed by atoms with E-state index >= 15 is 0 Å². The van der Waals surface area contributed by atoms with E-state index in [1.54, 1.807) is 11.3 Å². The van der Waals surface area contributed by atoms with Crippen molar-refractivity contribution in [3.05, 3.63) is 21.9 Å². The molecule has 5 nitrogen and oxygen atoms in total. The Kier molecular flexibility index (Phi) is 3.29. The molecule has 24 heavy (non-hydrogen) atoms. The van der Waals surface area contributed by atoms with E-state index in [1.165, 1.54) is 36.0 Å². The number of halogens is 1. The van der Waals surface area contributed by atoms with Crippen LogP contribution in [0.4, 0.5) is 4.79 Å². The molecular weight excluding hydrogens is 344 g/mol. The van der Waals surface area contributed by atoms with Crippen molar-refractivity contribution >= 4 is 39.2 Å². The number of aryl methyl sites for hydroxylation is 1. The fourth-order valence-electron chi connectivity index (χ4n) is 4.15. The maximum Gasteiger partial charge on any atom is 0.317 e. The summed E-state index contributed by atoms with van der Waals surface area (Å²) in [7, 11) is 0. The fraction of sp³-hybridized carbons (Fsp3) is 0.588. The lowest BCUT2D eigenvalue weighted by molar-refractivity contribution is 0.201. The summed E-state index contributed by atoms with van der Waals surface area (Å²) < 4.78 is 0. The smallest absolute Gasteiger partial charge is 0.317 e. The lowest BCUT2D eigenvalue weighted by atomic mass is 9.93. The molecule has 3 heterocycles. The van der Waals surface area contributed by atoms with E-state index < -0.39 is 0 Å². The number of amides is 2. The first kappa shape index (κ1) is 14.9. The lowest BCUT2D eigenvalue weighted by Crippen LogP contribution is -2.45. The third-order valence-electron chi connectivity index (χ3n) is 5.81. The number of hydrogen-bond acceptors (Lipinski definition) is 4. The van der Waals surface area contributed by atoms with Gasteiger partial charge < -0.3 is 10.2 Å². The van der Waals surface area contributed by atoms with Crippen LogP contribution in [0.3, 0.4) is 0 Å². The standard InChI is InChI=1S/C17H19ClN4OS/c18-14-13-11-2-1-10(7-12(11)24-15(13)20-9-19-14)21-16(23)22-6-5-17(8-22)3-4-17/h9-10H,1-8H2,(H,21,23). The van der Waals surface area contributed by atoms with E-state index in [2.05, 4.69) is 15.3 Å². The number of nitrogens with zero attached hydrogens (tertiary/aromatic N) is 3. The zero-order valence-electron chi connectivity index (χ0n) is 13.3. The number of urea groups is 1. The summed E-state index contributed by atoms with van der Waals surface area (Å²) in [6.45, 7) is 1.86. The van der Waals surface area contributed by atoms with E-state index in [-0.39, 0.29) is 12.1 Å². The number of likely N-dealkylation sites (tertiary alicyclic amines) is 1. The number of thiophene rings is 1. The number of fused-ring (bicyclic) bond motifs is 3. The molecule has 2 aromatic rings. The molecule has 1 N–H and O–H groups in total. The number of nitrogens with one attached hydrogen (secondary N) is 1. The minimum absolute atomic E-state index is 0.117. The maximum atomic E-state index is 12.5. The average Bonchev–Trinajstić information content (AvgIpc) is 3.02. The molecule has 1 atom stereocenters. The quantitative estimate of drug-likeness (QED) is 0.791. The van der Waals surface area contributed by atoms with Crippen LogP contribution in [0.1, 0.15) is 36.1 Å². The lowest BCUT2D eigenvalue weighted by Gasteiger charge is -2.26. The first-order valence-corrected chi connectivity index (χ1v) is 9.79. The van der Waals surface area contributed by atoms with E-state index in [1.807, 2.05) is 4.90 Å². The van der Waals surface area contributed by atoms with Crippen LogP contribution in [-0.4, -0.2) is 40.0 Å². The first-order valence-electron chi connectivity index (χ1n) is 8.60.